The minimum atomic E-state index is -0.788. The van der Waals surface area contributed by atoms with E-state index in [1.54, 1.807) is 43.3 Å². The number of carbonyl (C=O) groups excluding carboxylic acids is 2. The second kappa shape index (κ2) is 10.7. The number of para-hydroxylation sites is 2. The number of amides is 1. The third kappa shape index (κ3) is 5.26. The molecular weight excluding hydrogens is 464 g/mol. The van der Waals surface area contributed by atoms with Crippen LogP contribution in [0, 0.1) is 18.3 Å². The van der Waals surface area contributed by atoms with E-state index in [0.717, 1.165) is 4.90 Å². The summed E-state index contributed by atoms with van der Waals surface area (Å²) >= 11 is 1.29. The van der Waals surface area contributed by atoms with E-state index in [-0.39, 0.29) is 27.7 Å². The van der Waals surface area contributed by atoms with Crippen LogP contribution in [0.3, 0.4) is 0 Å². The van der Waals surface area contributed by atoms with Crippen molar-refractivity contribution >= 4 is 40.3 Å². The van der Waals surface area contributed by atoms with Crippen LogP contribution in [-0.2, 0) is 9.53 Å². The number of rotatable bonds is 7. The van der Waals surface area contributed by atoms with Gasteiger partial charge in [-0.3, -0.25) is 9.59 Å². The van der Waals surface area contributed by atoms with Gasteiger partial charge in [-0.05, 0) is 31.2 Å². The highest BCUT2D eigenvalue weighted by Crippen LogP contribution is 2.28. The Labute approximate surface area is 205 Å². The Hall–Kier alpha value is -4.35. The molecule has 1 amide bonds. The summed E-state index contributed by atoms with van der Waals surface area (Å²) in [7, 11) is 0. The van der Waals surface area contributed by atoms with Gasteiger partial charge in [-0.15, -0.1) is 11.8 Å². The van der Waals surface area contributed by atoms with Gasteiger partial charge in [0.1, 0.15) is 11.3 Å². The van der Waals surface area contributed by atoms with Gasteiger partial charge in [-0.2, -0.15) is 5.26 Å². The zero-order chi connectivity index (χ0) is 24.8. The largest absolute Gasteiger partial charge is 0.455 e. The smallest absolute Gasteiger partial charge is 0.342 e. The minimum Gasteiger partial charge on any atom is -0.455 e. The molecule has 1 N–H and O–H groups in total. The number of esters is 1. The first kappa shape index (κ1) is 23.8. The molecule has 0 radical (unpaired) electrons. The molecule has 0 spiro atoms. The van der Waals surface area contributed by atoms with Gasteiger partial charge >= 0.3 is 5.97 Å². The molecule has 8 heteroatoms. The van der Waals surface area contributed by atoms with Crippen molar-refractivity contribution in [1.29, 1.82) is 5.26 Å². The Morgan fingerprint density at radius 3 is 2.54 bits per heavy atom. The third-order valence-electron chi connectivity index (χ3n) is 5.19. The van der Waals surface area contributed by atoms with E-state index in [2.05, 4.69) is 5.32 Å². The first-order valence-electron chi connectivity index (χ1n) is 10.7. The molecule has 0 bridgehead atoms. The molecule has 0 aliphatic heterocycles. The average molecular weight is 485 g/mol. The van der Waals surface area contributed by atoms with Crippen LogP contribution in [0.4, 0.5) is 5.69 Å². The van der Waals surface area contributed by atoms with Crippen LogP contribution in [0.15, 0.2) is 86.9 Å². The zero-order valence-corrected chi connectivity index (χ0v) is 19.6. The molecule has 174 valence electrons. The summed E-state index contributed by atoms with van der Waals surface area (Å²) in [5.74, 6) is -0.721. The summed E-state index contributed by atoms with van der Waals surface area (Å²) in [5, 5.41) is 11.7. The normalized spacial score (nSPS) is 10.5. The number of anilines is 1. The third-order valence-corrected chi connectivity index (χ3v) is 6.13. The molecule has 0 atom stereocenters. The summed E-state index contributed by atoms with van der Waals surface area (Å²) in [6.45, 7) is 1.14. The number of carbonyl (C=O) groups is 2. The quantitative estimate of drug-likeness (QED) is 0.284. The molecule has 4 aromatic rings. The number of nitrogens with zero attached hydrogens (tertiary/aromatic N) is 1. The van der Waals surface area contributed by atoms with Gasteiger partial charge in [0.25, 0.3) is 5.91 Å². The van der Waals surface area contributed by atoms with Crippen LogP contribution in [0.2, 0.25) is 0 Å². The molecule has 0 saturated carbocycles. The Morgan fingerprint density at radius 2 is 1.77 bits per heavy atom. The first-order valence-corrected chi connectivity index (χ1v) is 11.7. The lowest BCUT2D eigenvalue weighted by molar-refractivity contribution is -0.119. The van der Waals surface area contributed by atoms with Crippen molar-refractivity contribution in [2.75, 3.05) is 17.7 Å². The first-order chi connectivity index (χ1) is 17.0. The van der Waals surface area contributed by atoms with Gasteiger partial charge < -0.3 is 14.5 Å². The molecule has 0 unspecified atom stereocenters. The lowest BCUT2D eigenvalue weighted by Gasteiger charge is -2.11. The lowest BCUT2D eigenvalue weighted by atomic mass is 10.0. The van der Waals surface area contributed by atoms with E-state index >= 15 is 0 Å². The molecule has 0 aliphatic rings. The maximum atomic E-state index is 13.0. The van der Waals surface area contributed by atoms with Crippen molar-refractivity contribution in [3.05, 3.63) is 94.1 Å². The summed E-state index contributed by atoms with van der Waals surface area (Å²) in [5.41, 5.74) is 1.57. The van der Waals surface area contributed by atoms with Gasteiger partial charge in [0.2, 0.25) is 0 Å². The molecule has 0 saturated heterocycles. The van der Waals surface area contributed by atoms with Crippen LogP contribution >= 0.6 is 11.8 Å². The Bertz CT molecular complexity index is 1510. The van der Waals surface area contributed by atoms with Gasteiger partial charge in [-0.25, -0.2) is 4.79 Å². The number of ether oxygens (including phenoxy) is 1. The predicted molar refractivity (Wildman–Crippen MR) is 134 cm³/mol. The van der Waals surface area contributed by atoms with Crippen molar-refractivity contribution in [2.45, 2.75) is 11.8 Å². The molecule has 0 aliphatic carbocycles. The second-order valence-electron chi connectivity index (χ2n) is 7.50. The lowest BCUT2D eigenvalue weighted by Crippen LogP contribution is -2.21. The predicted octanol–water partition coefficient (Wildman–Crippen LogP) is 5.18. The number of nitriles is 1. The molecule has 1 aromatic heterocycles. The van der Waals surface area contributed by atoms with Crippen LogP contribution in [0.25, 0.3) is 22.3 Å². The Balaban J connectivity index is 1.56. The fourth-order valence-corrected chi connectivity index (χ4v) is 4.21. The fourth-order valence-electron chi connectivity index (χ4n) is 3.54. The van der Waals surface area contributed by atoms with Gasteiger partial charge in [0.05, 0.1) is 22.9 Å². The average Bonchev–Trinajstić information content (AvgIpc) is 2.89. The molecule has 4 rings (SSSR count). The fraction of sp³-hybridized carbons (Fsp3) is 0.111. The van der Waals surface area contributed by atoms with E-state index in [1.165, 1.54) is 17.8 Å². The van der Waals surface area contributed by atoms with Crippen molar-refractivity contribution in [3.63, 3.8) is 0 Å². The van der Waals surface area contributed by atoms with Crippen LogP contribution < -0.4 is 10.7 Å². The summed E-state index contributed by atoms with van der Waals surface area (Å²) < 4.78 is 11.3. The monoisotopic (exact) mass is 484 g/mol. The summed E-state index contributed by atoms with van der Waals surface area (Å²) in [6.07, 6.45) is 0. The highest BCUT2D eigenvalue weighted by molar-refractivity contribution is 7.99. The zero-order valence-electron chi connectivity index (χ0n) is 18.7. The van der Waals surface area contributed by atoms with Gasteiger partial charge in [0.15, 0.2) is 17.6 Å². The van der Waals surface area contributed by atoms with E-state index in [9.17, 15) is 14.4 Å². The summed E-state index contributed by atoms with van der Waals surface area (Å²) in [6, 6.07) is 22.9. The molecule has 0 fully saturated rings. The van der Waals surface area contributed by atoms with Crippen molar-refractivity contribution < 1.29 is 18.7 Å². The molecule has 35 heavy (non-hydrogen) atoms. The van der Waals surface area contributed by atoms with Gasteiger partial charge in [-0.1, -0.05) is 48.5 Å². The van der Waals surface area contributed by atoms with E-state index in [0.29, 0.717) is 22.6 Å². The molecule has 7 nitrogen and oxygen atoms in total. The summed E-state index contributed by atoms with van der Waals surface area (Å²) in [4.78, 5) is 39.0. The highest BCUT2D eigenvalue weighted by atomic mass is 32.2. The number of fused-ring (bicyclic) bond motifs is 1. The minimum absolute atomic E-state index is 0.0505. The van der Waals surface area contributed by atoms with Crippen molar-refractivity contribution in [3.8, 4) is 17.4 Å². The van der Waals surface area contributed by atoms with Crippen molar-refractivity contribution in [1.82, 2.24) is 0 Å². The van der Waals surface area contributed by atoms with Crippen LogP contribution in [0.1, 0.15) is 15.9 Å². The number of nitrogens with one attached hydrogen (secondary N) is 1. The molecular formula is C27H20N2O5S. The van der Waals surface area contributed by atoms with Gasteiger partial charge in [0, 0.05) is 16.0 Å². The highest BCUT2D eigenvalue weighted by Gasteiger charge is 2.20. The maximum absolute atomic E-state index is 13.0. The number of hydrogen-bond acceptors (Lipinski definition) is 7. The Morgan fingerprint density at radius 1 is 1.03 bits per heavy atom. The number of benzene rings is 3. The topological polar surface area (TPSA) is 109 Å². The second-order valence-corrected chi connectivity index (χ2v) is 8.52. The van der Waals surface area contributed by atoms with E-state index in [1.807, 2.05) is 36.4 Å². The molecule has 1 heterocycles. The molecule has 3 aromatic carbocycles. The maximum Gasteiger partial charge on any atom is 0.342 e. The van der Waals surface area contributed by atoms with Crippen LogP contribution in [-0.4, -0.2) is 24.2 Å². The Kier molecular flexibility index (Phi) is 7.29. The standard InChI is InChI=1S/C27H20N2O5S/c1-17-24(31)19-10-7-11-20(26(19)34-25(17)18-8-3-2-4-9-18)27(32)33-16-23(30)29-21-12-5-6-13-22(21)35-15-14-28/h2-13H,15-16H2,1H3,(H,29,30). The van der Waals surface area contributed by atoms with E-state index < -0.39 is 18.5 Å². The van der Waals surface area contributed by atoms with E-state index in [4.69, 9.17) is 14.4 Å². The number of thioether (sulfide) groups is 1. The van der Waals surface area contributed by atoms with Crippen LogP contribution in [0.5, 0.6) is 0 Å². The number of hydrogen-bond donors (Lipinski definition) is 1. The SMILES string of the molecule is Cc1c(-c2ccccc2)oc2c(C(=O)OCC(=O)Nc3ccccc3SCC#N)cccc2c1=O. The van der Waals surface area contributed by atoms with Crippen molar-refractivity contribution in [2.24, 2.45) is 0 Å².